The number of aryl methyl sites for hydroxylation is 1. The van der Waals surface area contributed by atoms with E-state index in [2.05, 4.69) is 12.1 Å². The van der Waals surface area contributed by atoms with Gasteiger partial charge >= 0.3 is 0 Å². The van der Waals surface area contributed by atoms with Crippen LogP contribution in [0.1, 0.15) is 49.3 Å². The molecule has 0 unspecified atom stereocenters. The van der Waals surface area contributed by atoms with Crippen LogP contribution in [-0.2, 0) is 0 Å². The Hall–Kier alpha value is -1.00. The standard InChI is InChI=1S/C11H10ClN.C2H6/c1-7-4-10(8-2-3-8)11(12)5-9(7)6-13;1-2/h4-5,8H,2-3H2,1H3;1-2H3. The number of benzene rings is 1. The molecule has 2 heteroatoms. The second kappa shape index (κ2) is 5.19. The highest BCUT2D eigenvalue weighted by Crippen LogP contribution is 2.43. The fourth-order valence-electron chi connectivity index (χ4n) is 1.53. The minimum atomic E-state index is 0.652. The maximum atomic E-state index is 8.78. The van der Waals surface area contributed by atoms with Crippen molar-refractivity contribution in [2.24, 2.45) is 0 Å². The van der Waals surface area contributed by atoms with Crippen LogP contribution in [0, 0.1) is 18.3 Å². The Morgan fingerprint density at radius 1 is 1.33 bits per heavy atom. The summed E-state index contributed by atoms with van der Waals surface area (Å²) in [6.45, 7) is 5.96. The Morgan fingerprint density at radius 3 is 2.40 bits per heavy atom. The Kier molecular flexibility index (Phi) is 4.17. The van der Waals surface area contributed by atoms with Crippen LogP contribution in [0.2, 0.25) is 5.02 Å². The minimum absolute atomic E-state index is 0.652. The van der Waals surface area contributed by atoms with Crippen molar-refractivity contribution in [2.45, 2.75) is 39.5 Å². The molecule has 1 aliphatic carbocycles. The van der Waals surface area contributed by atoms with Crippen LogP contribution in [-0.4, -0.2) is 0 Å². The van der Waals surface area contributed by atoms with Crippen molar-refractivity contribution in [3.8, 4) is 6.07 Å². The molecule has 0 bridgehead atoms. The summed E-state index contributed by atoms with van der Waals surface area (Å²) in [4.78, 5) is 0. The third kappa shape index (κ3) is 2.73. The van der Waals surface area contributed by atoms with E-state index in [4.69, 9.17) is 16.9 Å². The van der Waals surface area contributed by atoms with E-state index in [9.17, 15) is 0 Å². The third-order valence-electron chi connectivity index (χ3n) is 2.48. The van der Waals surface area contributed by atoms with Gasteiger partial charge in [0.15, 0.2) is 0 Å². The van der Waals surface area contributed by atoms with E-state index in [1.54, 1.807) is 6.07 Å². The van der Waals surface area contributed by atoms with Gasteiger partial charge in [0, 0.05) is 5.02 Å². The van der Waals surface area contributed by atoms with Gasteiger partial charge in [-0.3, -0.25) is 0 Å². The van der Waals surface area contributed by atoms with Crippen LogP contribution in [0.15, 0.2) is 12.1 Å². The minimum Gasteiger partial charge on any atom is -0.192 e. The third-order valence-corrected chi connectivity index (χ3v) is 2.81. The molecule has 0 radical (unpaired) electrons. The van der Waals surface area contributed by atoms with E-state index in [1.807, 2.05) is 20.8 Å². The fourth-order valence-corrected chi connectivity index (χ4v) is 1.85. The number of halogens is 1. The number of nitrogens with zero attached hydrogens (tertiary/aromatic N) is 1. The van der Waals surface area contributed by atoms with Crippen LogP contribution in [0.25, 0.3) is 0 Å². The summed E-state index contributed by atoms with van der Waals surface area (Å²) >= 11 is 6.06. The molecular formula is C13H16ClN. The van der Waals surface area contributed by atoms with Crippen molar-refractivity contribution in [1.29, 1.82) is 5.26 Å². The zero-order chi connectivity index (χ0) is 11.4. The number of nitriles is 1. The maximum absolute atomic E-state index is 8.78. The van der Waals surface area contributed by atoms with Crippen LogP contribution in [0.4, 0.5) is 0 Å². The van der Waals surface area contributed by atoms with Gasteiger partial charge in [0.25, 0.3) is 0 Å². The monoisotopic (exact) mass is 221 g/mol. The van der Waals surface area contributed by atoms with E-state index in [0.29, 0.717) is 11.5 Å². The smallest absolute Gasteiger partial charge is 0.0994 e. The Morgan fingerprint density at radius 2 is 1.93 bits per heavy atom. The summed E-state index contributed by atoms with van der Waals surface area (Å²) < 4.78 is 0. The molecule has 1 fully saturated rings. The first-order valence-electron chi connectivity index (χ1n) is 5.42. The van der Waals surface area contributed by atoms with E-state index in [0.717, 1.165) is 10.6 Å². The van der Waals surface area contributed by atoms with Crippen molar-refractivity contribution in [2.75, 3.05) is 0 Å². The number of rotatable bonds is 1. The topological polar surface area (TPSA) is 23.8 Å². The van der Waals surface area contributed by atoms with E-state index in [-0.39, 0.29) is 0 Å². The molecule has 1 aromatic rings. The van der Waals surface area contributed by atoms with Crippen molar-refractivity contribution in [3.05, 3.63) is 33.8 Å². The van der Waals surface area contributed by atoms with Crippen LogP contribution >= 0.6 is 11.6 Å². The Labute approximate surface area is 96.7 Å². The second-order valence-electron chi connectivity index (χ2n) is 3.57. The van der Waals surface area contributed by atoms with Gasteiger partial charge in [0.1, 0.15) is 0 Å². The van der Waals surface area contributed by atoms with Gasteiger partial charge in [-0.1, -0.05) is 31.5 Å². The molecular weight excluding hydrogens is 206 g/mol. The predicted molar refractivity (Wildman–Crippen MR) is 64.2 cm³/mol. The van der Waals surface area contributed by atoms with Gasteiger partial charge in [0.2, 0.25) is 0 Å². The molecule has 1 saturated carbocycles. The summed E-state index contributed by atoms with van der Waals surface area (Å²) in [6.07, 6.45) is 2.48. The second-order valence-corrected chi connectivity index (χ2v) is 3.98. The van der Waals surface area contributed by atoms with Crippen LogP contribution in [0.5, 0.6) is 0 Å². The molecule has 0 heterocycles. The molecule has 0 spiro atoms. The lowest BCUT2D eigenvalue weighted by molar-refractivity contribution is 1.12. The van der Waals surface area contributed by atoms with Gasteiger partial charge in [-0.15, -0.1) is 0 Å². The number of hydrogen-bond acceptors (Lipinski definition) is 1. The molecule has 15 heavy (non-hydrogen) atoms. The molecule has 80 valence electrons. The molecule has 0 saturated heterocycles. The van der Waals surface area contributed by atoms with Crippen molar-refractivity contribution in [1.82, 2.24) is 0 Å². The van der Waals surface area contributed by atoms with Gasteiger partial charge in [-0.25, -0.2) is 0 Å². The quantitative estimate of drug-likeness (QED) is 0.689. The highest BCUT2D eigenvalue weighted by molar-refractivity contribution is 6.31. The van der Waals surface area contributed by atoms with Crippen molar-refractivity contribution < 1.29 is 0 Å². The highest BCUT2D eigenvalue weighted by Gasteiger charge is 2.26. The largest absolute Gasteiger partial charge is 0.192 e. The molecule has 0 amide bonds. The Bertz CT molecular complexity index is 386. The average Bonchev–Trinajstić information content (AvgIpc) is 3.07. The lowest BCUT2D eigenvalue weighted by Crippen LogP contribution is -1.88. The Balaban J connectivity index is 0.000000531. The van der Waals surface area contributed by atoms with Crippen LogP contribution < -0.4 is 0 Å². The molecule has 1 aromatic carbocycles. The first-order valence-corrected chi connectivity index (χ1v) is 5.80. The fraction of sp³-hybridized carbons (Fsp3) is 0.462. The summed E-state index contributed by atoms with van der Waals surface area (Å²) in [5.74, 6) is 0.652. The van der Waals surface area contributed by atoms with Crippen LogP contribution in [0.3, 0.4) is 0 Å². The average molecular weight is 222 g/mol. The molecule has 0 aliphatic heterocycles. The summed E-state index contributed by atoms with van der Waals surface area (Å²) in [5, 5.41) is 9.53. The lowest BCUT2D eigenvalue weighted by atomic mass is 10.0. The molecule has 0 atom stereocenters. The van der Waals surface area contributed by atoms with Gasteiger partial charge in [-0.05, 0) is 42.9 Å². The molecule has 0 aromatic heterocycles. The summed E-state index contributed by atoms with van der Waals surface area (Å²) in [7, 11) is 0. The SMILES string of the molecule is CC.Cc1cc(C2CC2)c(Cl)cc1C#N. The molecule has 2 rings (SSSR count). The van der Waals surface area contributed by atoms with E-state index < -0.39 is 0 Å². The zero-order valence-electron chi connectivity index (χ0n) is 9.47. The van der Waals surface area contributed by atoms with Crippen molar-refractivity contribution >= 4 is 11.6 Å². The predicted octanol–water partition coefficient (Wildman–Crippen LogP) is 4.42. The first-order chi connectivity index (χ1) is 7.22. The van der Waals surface area contributed by atoms with Gasteiger partial charge in [0.05, 0.1) is 11.6 Å². The molecule has 1 aliphatic rings. The normalized spacial score (nSPS) is 13.8. The zero-order valence-corrected chi connectivity index (χ0v) is 10.2. The lowest BCUT2D eigenvalue weighted by Gasteiger charge is -2.04. The van der Waals surface area contributed by atoms with Gasteiger partial charge < -0.3 is 0 Å². The van der Waals surface area contributed by atoms with Crippen molar-refractivity contribution in [3.63, 3.8) is 0 Å². The highest BCUT2D eigenvalue weighted by atomic mass is 35.5. The summed E-state index contributed by atoms with van der Waals surface area (Å²) in [5.41, 5.74) is 2.95. The maximum Gasteiger partial charge on any atom is 0.0994 e. The molecule has 1 nitrogen and oxygen atoms in total. The summed E-state index contributed by atoms with van der Waals surface area (Å²) in [6, 6.07) is 5.97. The number of hydrogen-bond donors (Lipinski definition) is 0. The first kappa shape index (κ1) is 12.1. The van der Waals surface area contributed by atoms with Gasteiger partial charge in [-0.2, -0.15) is 5.26 Å². The van der Waals surface area contributed by atoms with E-state index >= 15 is 0 Å². The van der Waals surface area contributed by atoms with E-state index in [1.165, 1.54) is 18.4 Å². The molecule has 0 N–H and O–H groups in total.